The highest BCUT2D eigenvalue weighted by molar-refractivity contribution is 5.89. The summed E-state index contributed by atoms with van der Waals surface area (Å²) >= 11 is 0. The number of nitro groups is 1. The molecular weight excluding hydrogens is 298 g/mol. The van der Waals surface area contributed by atoms with Gasteiger partial charge in [0.15, 0.2) is 0 Å². The molecule has 1 rings (SSSR count). The Labute approximate surface area is 136 Å². The smallest absolute Gasteiger partial charge is 0.319 e. The number of carbonyl (C=O) groups is 1. The van der Waals surface area contributed by atoms with Crippen LogP contribution < -0.4 is 10.6 Å². The van der Waals surface area contributed by atoms with Crippen LogP contribution in [0.5, 0.6) is 0 Å². The average Bonchev–Trinajstić information content (AvgIpc) is 2.51. The Balaban J connectivity index is 2.52. The number of anilines is 1. The van der Waals surface area contributed by atoms with Crippen molar-refractivity contribution in [3.63, 3.8) is 0 Å². The number of carbonyl (C=O) groups excluding carboxylic acids is 1. The molecular formula is C16H25N3O4. The molecule has 1 aromatic rings. The number of nitro benzene ring substituents is 1. The number of hydrogen-bond donors (Lipinski definition) is 3. The SMILES string of the molecule is CCc1ccc(NC(=O)NCCCC(C)(C)CO)cc1[N+](=O)[O-]. The van der Waals surface area contributed by atoms with Crippen LogP contribution in [0.2, 0.25) is 0 Å². The lowest BCUT2D eigenvalue weighted by atomic mass is 9.89. The summed E-state index contributed by atoms with van der Waals surface area (Å²) in [6, 6.07) is 4.27. The van der Waals surface area contributed by atoms with E-state index in [4.69, 9.17) is 5.11 Å². The second-order valence-corrected chi connectivity index (χ2v) is 6.26. The first kappa shape index (κ1) is 18.9. The van der Waals surface area contributed by atoms with Gasteiger partial charge in [-0.15, -0.1) is 0 Å². The van der Waals surface area contributed by atoms with Gasteiger partial charge in [-0.3, -0.25) is 10.1 Å². The molecule has 0 atom stereocenters. The molecule has 7 heteroatoms. The number of aliphatic hydroxyl groups is 1. The van der Waals surface area contributed by atoms with E-state index >= 15 is 0 Å². The van der Waals surface area contributed by atoms with E-state index in [1.54, 1.807) is 12.1 Å². The Morgan fingerprint density at radius 2 is 2.09 bits per heavy atom. The van der Waals surface area contributed by atoms with Crippen LogP contribution in [0.4, 0.5) is 16.2 Å². The Morgan fingerprint density at radius 1 is 1.39 bits per heavy atom. The van der Waals surface area contributed by atoms with E-state index in [9.17, 15) is 14.9 Å². The van der Waals surface area contributed by atoms with E-state index in [1.807, 2.05) is 20.8 Å². The van der Waals surface area contributed by atoms with Crippen LogP contribution >= 0.6 is 0 Å². The average molecular weight is 323 g/mol. The standard InChI is InChI=1S/C16H25N3O4/c1-4-12-6-7-13(10-14(12)19(22)23)18-15(21)17-9-5-8-16(2,3)11-20/h6-7,10,20H,4-5,8-9,11H2,1-3H3,(H2,17,18,21). The summed E-state index contributed by atoms with van der Waals surface area (Å²) in [5.41, 5.74) is 0.874. The summed E-state index contributed by atoms with van der Waals surface area (Å²) in [5, 5.41) is 25.5. The molecule has 0 saturated carbocycles. The largest absolute Gasteiger partial charge is 0.396 e. The van der Waals surface area contributed by atoms with Crippen molar-refractivity contribution in [2.24, 2.45) is 5.41 Å². The normalized spacial score (nSPS) is 11.1. The van der Waals surface area contributed by atoms with Crippen molar-refractivity contribution in [1.29, 1.82) is 0 Å². The maximum Gasteiger partial charge on any atom is 0.319 e. The van der Waals surface area contributed by atoms with Crippen molar-refractivity contribution in [2.75, 3.05) is 18.5 Å². The number of benzene rings is 1. The third kappa shape index (κ3) is 6.23. The number of aryl methyl sites for hydroxylation is 1. The maximum atomic E-state index is 11.8. The third-order valence-corrected chi connectivity index (χ3v) is 3.66. The maximum absolute atomic E-state index is 11.8. The quantitative estimate of drug-likeness (QED) is 0.388. The van der Waals surface area contributed by atoms with Crippen LogP contribution in [0, 0.1) is 15.5 Å². The van der Waals surface area contributed by atoms with E-state index in [1.165, 1.54) is 6.07 Å². The summed E-state index contributed by atoms with van der Waals surface area (Å²) in [5.74, 6) is 0. The van der Waals surface area contributed by atoms with Crippen molar-refractivity contribution in [2.45, 2.75) is 40.0 Å². The summed E-state index contributed by atoms with van der Waals surface area (Å²) < 4.78 is 0. The number of nitrogens with zero attached hydrogens (tertiary/aromatic N) is 1. The van der Waals surface area contributed by atoms with Gasteiger partial charge in [-0.1, -0.05) is 26.8 Å². The molecule has 3 N–H and O–H groups in total. The summed E-state index contributed by atoms with van der Waals surface area (Å²) in [6.07, 6.45) is 2.10. The third-order valence-electron chi connectivity index (χ3n) is 3.66. The van der Waals surface area contributed by atoms with Crippen molar-refractivity contribution < 1.29 is 14.8 Å². The number of nitrogens with one attached hydrogen (secondary N) is 2. The van der Waals surface area contributed by atoms with Crippen molar-refractivity contribution in [3.05, 3.63) is 33.9 Å². The summed E-state index contributed by atoms with van der Waals surface area (Å²) in [6.45, 7) is 6.34. The van der Waals surface area contributed by atoms with Gasteiger partial charge in [0.05, 0.1) is 4.92 Å². The molecule has 0 heterocycles. The molecule has 0 radical (unpaired) electrons. The highest BCUT2D eigenvalue weighted by atomic mass is 16.6. The lowest BCUT2D eigenvalue weighted by Gasteiger charge is -2.21. The second-order valence-electron chi connectivity index (χ2n) is 6.26. The number of urea groups is 1. The zero-order valence-electron chi connectivity index (χ0n) is 13.9. The predicted octanol–water partition coefficient (Wildman–Crippen LogP) is 3.08. The van der Waals surface area contributed by atoms with Crippen LogP contribution in [-0.4, -0.2) is 29.2 Å². The minimum absolute atomic E-state index is 0.00925. The zero-order valence-corrected chi connectivity index (χ0v) is 13.9. The molecule has 0 saturated heterocycles. The highest BCUT2D eigenvalue weighted by Crippen LogP contribution is 2.23. The summed E-state index contributed by atoms with van der Waals surface area (Å²) in [7, 11) is 0. The molecule has 0 unspecified atom stereocenters. The minimum Gasteiger partial charge on any atom is -0.396 e. The van der Waals surface area contributed by atoms with Gasteiger partial charge in [0.25, 0.3) is 5.69 Å². The topological polar surface area (TPSA) is 104 Å². The molecule has 23 heavy (non-hydrogen) atoms. The first-order valence-electron chi connectivity index (χ1n) is 7.72. The highest BCUT2D eigenvalue weighted by Gasteiger charge is 2.16. The van der Waals surface area contributed by atoms with Gasteiger partial charge in [-0.05, 0) is 30.7 Å². The molecule has 0 aliphatic heterocycles. The lowest BCUT2D eigenvalue weighted by Crippen LogP contribution is -2.30. The molecule has 0 spiro atoms. The van der Waals surface area contributed by atoms with Gasteiger partial charge in [0, 0.05) is 30.5 Å². The number of aliphatic hydroxyl groups excluding tert-OH is 1. The van der Waals surface area contributed by atoms with E-state index in [2.05, 4.69) is 10.6 Å². The van der Waals surface area contributed by atoms with E-state index in [0.29, 0.717) is 24.2 Å². The van der Waals surface area contributed by atoms with E-state index in [-0.39, 0.29) is 17.7 Å². The van der Waals surface area contributed by atoms with E-state index in [0.717, 1.165) is 12.8 Å². The first-order valence-corrected chi connectivity index (χ1v) is 7.72. The Hall–Kier alpha value is -2.15. The number of hydrogen-bond acceptors (Lipinski definition) is 4. The van der Waals surface area contributed by atoms with Crippen molar-refractivity contribution in [1.82, 2.24) is 5.32 Å². The van der Waals surface area contributed by atoms with E-state index < -0.39 is 11.0 Å². The fraction of sp³-hybridized carbons (Fsp3) is 0.562. The van der Waals surface area contributed by atoms with Gasteiger partial charge >= 0.3 is 6.03 Å². The molecule has 1 aromatic carbocycles. The molecule has 0 aliphatic rings. The predicted molar refractivity (Wildman–Crippen MR) is 89.6 cm³/mol. The second kappa shape index (κ2) is 8.47. The molecule has 128 valence electrons. The zero-order chi connectivity index (χ0) is 17.5. The Bertz CT molecular complexity index is 558. The van der Waals surface area contributed by atoms with Crippen LogP contribution in [0.15, 0.2) is 18.2 Å². The molecule has 0 aliphatic carbocycles. The Morgan fingerprint density at radius 3 is 2.65 bits per heavy atom. The molecule has 2 amide bonds. The van der Waals surface area contributed by atoms with Crippen LogP contribution in [0.1, 0.15) is 39.2 Å². The molecule has 0 fully saturated rings. The van der Waals surface area contributed by atoms with Gasteiger partial charge in [0.1, 0.15) is 0 Å². The molecule has 0 bridgehead atoms. The fourth-order valence-electron chi connectivity index (χ4n) is 2.13. The van der Waals surface area contributed by atoms with Gasteiger partial charge in [-0.2, -0.15) is 0 Å². The van der Waals surface area contributed by atoms with Gasteiger partial charge in [0.2, 0.25) is 0 Å². The Kier molecular flexibility index (Phi) is 6.96. The van der Waals surface area contributed by atoms with Crippen LogP contribution in [0.25, 0.3) is 0 Å². The first-order chi connectivity index (χ1) is 10.8. The van der Waals surface area contributed by atoms with Crippen LogP contribution in [-0.2, 0) is 6.42 Å². The van der Waals surface area contributed by atoms with Crippen molar-refractivity contribution >= 4 is 17.4 Å². The number of rotatable bonds is 8. The molecule has 0 aromatic heterocycles. The fourth-order valence-corrected chi connectivity index (χ4v) is 2.13. The monoisotopic (exact) mass is 323 g/mol. The van der Waals surface area contributed by atoms with Gasteiger partial charge < -0.3 is 15.7 Å². The minimum atomic E-state index is -0.446. The van der Waals surface area contributed by atoms with Crippen molar-refractivity contribution in [3.8, 4) is 0 Å². The van der Waals surface area contributed by atoms with Crippen LogP contribution in [0.3, 0.4) is 0 Å². The van der Waals surface area contributed by atoms with Gasteiger partial charge in [-0.25, -0.2) is 4.79 Å². The summed E-state index contributed by atoms with van der Waals surface area (Å²) in [4.78, 5) is 22.4. The lowest BCUT2D eigenvalue weighted by molar-refractivity contribution is -0.385. The molecule has 7 nitrogen and oxygen atoms in total. The number of amides is 2.